The zero-order valence-corrected chi connectivity index (χ0v) is 10.3. The molecule has 1 heterocycles. The molecule has 0 aliphatic carbocycles. The first-order valence-electron chi connectivity index (χ1n) is 5.54. The van der Waals surface area contributed by atoms with Crippen LogP contribution in [0.1, 0.15) is 11.3 Å². The number of aromatic nitrogens is 2. The normalized spacial score (nSPS) is 13.6. The van der Waals surface area contributed by atoms with Crippen molar-refractivity contribution in [3.05, 3.63) is 46.9 Å². The molecular formula is C12H12F3N3O. The largest absolute Gasteiger partial charge is 0.629 e. The van der Waals surface area contributed by atoms with Gasteiger partial charge in [0.05, 0.1) is 18.3 Å². The van der Waals surface area contributed by atoms with E-state index in [1.165, 1.54) is 17.8 Å². The highest BCUT2D eigenvalue weighted by molar-refractivity contribution is 5.54. The SMILES string of the molecule is Cc1ccn(-c2ccc(C(F)(F)F)cc2[NH+](C)[O-])n1. The summed E-state index contributed by atoms with van der Waals surface area (Å²) in [6, 6.07) is 4.76. The predicted molar refractivity (Wildman–Crippen MR) is 63.2 cm³/mol. The molecule has 0 bridgehead atoms. The Labute approximate surface area is 107 Å². The Hall–Kier alpha value is -1.86. The van der Waals surface area contributed by atoms with Crippen LogP contribution >= 0.6 is 0 Å². The molecule has 0 saturated heterocycles. The first-order valence-corrected chi connectivity index (χ1v) is 5.54. The molecular weight excluding hydrogens is 259 g/mol. The second-order valence-corrected chi connectivity index (χ2v) is 4.19. The summed E-state index contributed by atoms with van der Waals surface area (Å²) < 4.78 is 39.3. The maximum absolute atomic E-state index is 12.6. The molecule has 0 aliphatic heterocycles. The molecule has 0 radical (unpaired) electrons. The second kappa shape index (κ2) is 4.67. The van der Waals surface area contributed by atoms with Gasteiger partial charge in [0, 0.05) is 12.3 Å². The van der Waals surface area contributed by atoms with Crippen LogP contribution < -0.4 is 5.06 Å². The Morgan fingerprint density at radius 3 is 2.42 bits per heavy atom. The number of hydrogen-bond donors (Lipinski definition) is 1. The van der Waals surface area contributed by atoms with Crippen LogP contribution in [0.25, 0.3) is 5.69 Å². The highest BCUT2D eigenvalue weighted by atomic mass is 19.4. The van der Waals surface area contributed by atoms with Gasteiger partial charge < -0.3 is 10.3 Å². The lowest BCUT2D eigenvalue weighted by molar-refractivity contribution is -0.751. The fourth-order valence-electron chi connectivity index (χ4n) is 1.74. The zero-order valence-electron chi connectivity index (χ0n) is 10.3. The summed E-state index contributed by atoms with van der Waals surface area (Å²) in [6.07, 6.45) is -2.87. The Balaban J connectivity index is 2.56. The monoisotopic (exact) mass is 271 g/mol. The molecule has 0 fully saturated rings. The van der Waals surface area contributed by atoms with Crippen molar-refractivity contribution in [3.8, 4) is 5.69 Å². The maximum atomic E-state index is 12.6. The second-order valence-electron chi connectivity index (χ2n) is 4.19. The summed E-state index contributed by atoms with van der Waals surface area (Å²) in [5.74, 6) is 0. The van der Waals surface area contributed by atoms with E-state index in [-0.39, 0.29) is 5.69 Å². The molecule has 19 heavy (non-hydrogen) atoms. The Morgan fingerprint density at radius 1 is 1.26 bits per heavy atom. The molecule has 0 amide bonds. The average molecular weight is 271 g/mol. The van der Waals surface area contributed by atoms with Crippen LogP contribution in [0.4, 0.5) is 18.9 Å². The predicted octanol–water partition coefficient (Wildman–Crippen LogP) is 1.84. The number of nitrogens with zero attached hydrogens (tertiary/aromatic N) is 2. The Kier molecular flexibility index (Phi) is 3.34. The summed E-state index contributed by atoms with van der Waals surface area (Å²) in [5.41, 5.74) is 0.214. The third-order valence-corrected chi connectivity index (χ3v) is 2.67. The van der Waals surface area contributed by atoms with Crippen molar-refractivity contribution in [3.63, 3.8) is 0 Å². The van der Waals surface area contributed by atoms with E-state index in [1.807, 2.05) is 0 Å². The summed E-state index contributed by atoms with van der Waals surface area (Å²) >= 11 is 0. The van der Waals surface area contributed by atoms with E-state index in [2.05, 4.69) is 5.10 Å². The van der Waals surface area contributed by atoms with Crippen molar-refractivity contribution >= 4 is 5.69 Å². The smallest absolute Gasteiger partial charge is 0.416 e. The number of rotatable bonds is 2. The van der Waals surface area contributed by atoms with Crippen molar-refractivity contribution in [1.82, 2.24) is 9.78 Å². The van der Waals surface area contributed by atoms with Gasteiger partial charge in [0.15, 0.2) is 5.69 Å². The molecule has 1 aromatic heterocycles. The van der Waals surface area contributed by atoms with Gasteiger partial charge in [-0.25, -0.2) is 4.68 Å². The Morgan fingerprint density at radius 2 is 1.95 bits per heavy atom. The van der Waals surface area contributed by atoms with Gasteiger partial charge in [0.25, 0.3) is 0 Å². The van der Waals surface area contributed by atoms with Crippen LogP contribution in [0, 0.1) is 12.1 Å². The average Bonchev–Trinajstić information content (AvgIpc) is 2.73. The van der Waals surface area contributed by atoms with Gasteiger partial charge in [0.1, 0.15) is 5.69 Å². The quantitative estimate of drug-likeness (QED) is 0.847. The third kappa shape index (κ3) is 2.77. The maximum Gasteiger partial charge on any atom is 0.416 e. The topological polar surface area (TPSA) is 45.3 Å². The lowest BCUT2D eigenvalue weighted by Gasteiger charge is -2.20. The van der Waals surface area contributed by atoms with E-state index in [1.54, 1.807) is 19.2 Å². The number of halogens is 3. The van der Waals surface area contributed by atoms with Gasteiger partial charge in [-0.05, 0) is 25.1 Å². The minimum atomic E-state index is -4.47. The van der Waals surface area contributed by atoms with E-state index in [9.17, 15) is 18.4 Å². The first-order chi connectivity index (χ1) is 8.79. The van der Waals surface area contributed by atoms with E-state index >= 15 is 0 Å². The van der Waals surface area contributed by atoms with Crippen LogP contribution in [0.15, 0.2) is 30.5 Å². The van der Waals surface area contributed by atoms with Crippen LogP contribution in [-0.2, 0) is 6.18 Å². The molecule has 4 nitrogen and oxygen atoms in total. The number of benzene rings is 1. The molecule has 1 atom stereocenters. The summed E-state index contributed by atoms with van der Waals surface area (Å²) in [4.78, 5) is 0. The molecule has 2 rings (SSSR count). The van der Waals surface area contributed by atoms with Crippen molar-refractivity contribution in [2.24, 2.45) is 0 Å². The minimum Gasteiger partial charge on any atom is -0.629 e. The van der Waals surface area contributed by atoms with Gasteiger partial charge in [0.2, 0.25) is 0 Å². The van der Waals surface area contributed by atoms with Crippen LogP contribution in [0.5, 0.6) is 0 Å². The van der Waals surface area contributed by atoms with Gasteiger partial charge in [-0.15, -0.1) is 0 Å². The standard InChI is InChI=1S/C12H12F3N3O/c1-8-5-6-18(16-8)10-4-3-9(12(13,14)15)7-11(10)17(2)19/h3-7,17H,1-2H3. The molecule has 0 spiro atoms. The van der Waals surface area contributed by atoms with E-state index in [0.717, 1.165) is 17.8 Å². The molecule has 7 heteroatoms. The summed E-state index contributed by atoms with van der Waals surface area (Å²) in [5, 5.41) is 15.2. The number of nitrogens with one attached hydrogen (secondary N) is 1. The molecule has 1 unspecified atom stereocenters. The fourth-order valence-corrected chi connectivity index (χ4v) is 1.74. The van der Waals surface area contributed by atoms with Crippen molar-refractivity contribution in [2.45, 2.75) is 13.1 Å². The van der Waals surface area contributed by atoms with E-state index in [4.69, 9.17) is 0 Å². The summed E-state index contributed by atoms with van der Waals surface area (Å²) in [6.45, 7) is 1.76. The summed E-state index contributed by atoms with van der Waals surface area (Å²) in [7, 11) is 1.23. The van der Waals surface area contributed by atoms with Gasteiger partial charge in [-0.2, -0.15) is 18.3 Å². The number of alkyl halides is 3. The van der Waals surface area contributed by atoms with E-state index < -0.39 is 16.8 Å². The number of hydroxylamine groups is 1. The van der Waals surface area contributed by atoms with Crippen molar-refractivity contribution in [1.29, 1.82) is 0 Å². The third-order valence-electron chi connectivity index (χ3n) is 2.67. The van der Waals surface area contributed by atoms with Crippen LogP contribution in [0.3, 0.4) is 0 Å². The molecule has 2 aromatic rings. The number of hydrogen-bond acceptors (Lipinski definition) is 2. The molecule has 0 saturated carbocycles. The van der Waals surface area contributed by atoms with Crippen molar-refractivity contribution < 1.29 is 18.2 Å². The molecule has 1 N–H and O–H groups in total. The van der Waals surface area contributed by atoms with Crippen molar-refractivity contribution in [2.75, 3.05) is 7.05 Å². The van der Waals surface area contributed by atoms with Gasteiger partial charge in [-0.3, -0.25) is 0 Å². The number of aryl methyl sites for hydroxylation is 1. The molecule has 1 aromatic carbocycles. The highest BCUT2D eigenvalue weighted by Gasteiger charge is 2.32. The lowest BCUT2D eigenvalue weighted by Crippen LogP contribution is -2.98. The van der Waals surface area contributed by atoms with Gasteiger partial charge in [-0.1, -0.05) is 0 Å². The fraction of sp³-hybridized carbons (Fsp3) is 0.250. The highest BCUT2D eigenvalue weighted by Crippen LogP contribution is 2.32. The first kappa shape index (κ1) is 13.6. The van der Waals surface area contributed by atoms with Crippen LogP contribution in [-0.4, -0.2) is 16.8 Å². The zero-order chi connectivity index (χ0) is 14.2. The molecule has 0 aliphatic rings. The van der Waals surface area contributed by atoms with Gasteiger partial charge >= 0.3 is 6.18 Å². The minimum absolute atomic E-state index is 0.00192. The Bertz CT molecular complexity index is 590. The lowest BCUT2D eigenvalue weighted by atomic mass is 10.1. The van der Waals surface area contributed by atoms with E-state index in [0.29, 0.717) is 5.69 Å². The molecule has 102 valence electrons. The number of quaternary nitrogens is 1. The van der Waals surface area contributed by atoms with Crippen LogP contribution in [0.2, 0.25) is 0 Å².